The fourth-order valence-electron chi connectivity index (χ4n) is 2.58. The molecule has 20 heavy (non-hydrogen) atoms. The fourth-order valence-corrected chi connectivity index (χ4v) is 2.58. The van der Waals surface area contributed by atoms with Crippen molar-refractivity contribution in [2.75, 3.05) is 5.73 Å². The fraction of sp³-hybridized carbons (Fsp3) is 0.118. The standard InChI is InChI=1S/C17H16N2O/c1-2-16(20)17-12(7-5-8-14(17)18)13-10-19-15-9-4-3-6-11(13)15/h3-10,19H,2,18H2,1H3. The zero-order valence-corrected chi connectivity index (χ0v) is 11.3. The highest BCUT2D eigenvalue weighted by Crippen LogP contribution is 2.33. The Labute approximate surface area is 117 Å². The SMILES string of the molecule is CCC(=O)c1c(N)cccc1-c1c[nH]c2ccccc12. The van der Waals surface area contributed by atoms with Gasteiger partial charge in [-0.1, -0.05) is 37.3 Å². The van der Waals surface area contributed by atoms with Crippen molar-refractivity contribution in [2.24, 2.45) is 0 Å². The normalized spacial score (nSPS) is 10.8. The van der Waals surface area contributed by atoms with Crippen LogP contribution in [0.4, 0.5) is 5.69 Å². The molecule has 3 N–H and O–H groups in total. The largest absolute Gasteiger partial charge is 0.398 e. The zero-order chi connectivity index (χ0) is 14.1. The third-order valence-corrected chi connectivity index (χ3v) is 3.58. The van der Waals surface area contributed by atoms with Crippen LogP contribution in [0, 0.1) is 0 Å². The predicted octanol–water partition coefficient (Wildman–Crippen LogP) is 4.01. The minimum absolute atomic E-state index is 0.0726. The van der Waals surface area contributed by atoms with E-state index in [1.54, 1.807) is 6.07 Å². The van der Waals surface area contributed by atoms with Crippen LogP contribution in [-0.2, 0) is 0 Å². The molecule has 0 saturated carbocycles. The lowest BCUT2D eigenvalue weighted by Gasteiger charge is -2.10. The van der Waals surface area contributed by atoms with Crippen LogP contribution in [0.3, 0.4) is 0 Å². The van der Waals surface area contributed by atoms with E-state index in [1.165, 1.54) is 0 Å². The number of aromatic amines is 1. The van der Waals surface area contributed by atoms with Gasteiger partial charge in [-0.3, -0.25) is 4.79 Å². The summed E-state index contributed by atoms with van der Waals surface area (Å²) in [5.74, 6) is 0.0726. The Morgan fingerprint density at radius 1 is 1.10 bits per heavy atom. The summed E-state index contributed by atoms with van der Waals surface area (Å²) in [6.07, 6.45) is 2.38. The summed E-state index contributed by atoms with van der Waals surface area (Å²) in [5.41, 5.74) is 10.2. The molecule has 0 amide bonds. The van der Waals surface area contributed by atoms with Crippen LogP contribution in [-0.4, -0.2) is 10.8 Å². The van der Waals surface area contributed by atoms with Crippen LogP contribution < -0.4 is 5.73 Å². The number of para-hydroxylation sites is 1. The second-order valence-corrected chi connectivity index (χ2v) is 4.79. The number of nitrogen functional groups attached to an aromatic ring is 1. The molecule has 0 unspecified atom stereocenters. The van der Waals surface area contributed by atoms with Crippen LogP contribution in [0.15, 0.2) is 48.7 Å². The Balaban J connectivity index is 2.30. The Hall–Kier alpha value is -2.55. The third-order valence-electron chi connectivity index (χ3n) is 3.58. The van der Waals surface area contributed by atoms with Gasteiger partial charge in [-0.15, -0.1) is 0 Å². The molecule has 0 aliphatic carbocycles. The highest BCUT2D eigenvalue weighted by atomic mass is 16.1. The number of fused-ring (bicyclic) bond motifs is 1. The number of hydrogen-bond acceptors (Lipinski definition) is 2. The quantitative estimate of drug-likeness (QED) is 0.554. The molecule has 1 aromatic heterocycles. The summed E-state index contributed by atoms with van der Waals surface area (Å²) >= 11 is 0. The van der Waals surface area contributed by atoms with Gasteiger partial charge in [0.05, 0.1) is 0 Å². The van der Waals surface area contributed by atoms with E-state index in [0.29, 0.717) is 17.7 Å². The maximum Gasteiger partial charge on any atom is 0.165 e. The Morgan fingerprint density at radius 3 is 2.70 bits per heavy atom. The lowest BCUT2D eigenvalue weighted by atomic mass is 9.94. The van der Waals surface area contributed by atoms with Gasteiger partial charge in [0.15, 0.2) is 5.78 Å². The van der Waals surface area contributed by atoms with Crippen molar-refractivity contribution < 1.29 is 4.79 Å². The molecule has 2 aromatic carbocycles. The van der Waals surface area contributed by atoms with Gasteiger partial charge in [-0.05, 0) is 17.7 Å². The van der Waals surface area contributed by atoms with Gasteiger partial charge in [-0.25, -0.2) is 0 Å². The molecule has 0 saturated heterocycles. The number of nitrogens with two attached hydrogens (primary N) is 1. The van der Waals surface area contributed by atoms with Gasteiger partial charge in [0.25, 0.3) is 0 Å². The van der Waals surface area contributed by atoms with E-state index in [-0.39, 0.29) is 5.78 Å². The molecule has 1 heterocycles. The molecule has 0 radical (unpaired) electrons. The second-order valence-electron chi connectivity index (χ2n) is 4.79. The first-order valence-electron chi connectivity index (χ1n) is 6.70. The first-order valence-corrected chi connectivity index (χ1v) is 6.70. The summed E-state index contributed by atoms with van der Waals surface area (Å²) in [7, 11) is 0. The van der Waals surface area contributed by atoms with Crippen LogP contribution >= 0.6 is 0 Å². The van der Waals surface area contributed by atoms with Gasteiger partial charge in [0, 0.05) is 40.3 Å². The van der Waals surface area contributed by atoms with E-state index in [0.717, 1.165) is 22.0 Å². The molecular formula is C17H16N2O. The minimum Gasteiger partial charge on any atom is -0.398 e. The van der Waals surface area contributed by atoms with Crippen LogP contribution in [0.25, 0.3) is 22.0 Å². The van der Waals surface area contributed by atoms with Crippen LogP contribution in [0.1, 0.15) is 23.7 Å². The first-order chi connectivity index (χ1) is 9.72. The molecular weight excluding hydrogens is 248 g/mol. The maximum atomic E-state index is 12.2. The average Bonchev–Trinajstić information content (AvgIpc) is 2.90. The maximum absolute atomic E-state index is 12.2. The average molecular weight is 264 g/mol. The summed E-state index contributed by atoms with van der Waals surface area (Å²) in [6.45, 7) is 1.85. The molecule has 0 aliphatic rings. The third kappa shape index (κ3) is 1.88. The number of hydrogen-bond donors (Lipinski definition) is 2. The molecule has 3 nitrogen and oxygen atoms in total. The number of anilines is 1. The molecule has 0 aliphatic heterocycles. The topological polar surface area (TPSA) is 58.9 Å². The Kier molecular flexibility index (Phi) is 3.03. The first kappa shape index (κ1) is 12.5. The molecule has 0 atom stereocenters. The Bertz CT molecular complexity index is 787. The van der Waals surface area contributed by atoms with E-state index in [1.807, 2.05) is 49.5 Å². The lowest BCUT2D eigenvalue weighted by molar-refractivity contribution is 0.0989. The molecule has 3 aromatic rings. The number of nitrogens with one attached hydrogen (secondary N) is 1. The van der Waals surface area contributed by atoms with Crippen molar-refractivity contribution in [3.63, 3.8) is 0 Å². The van der Waals surface area contributed by atoms with E-state index >= 15 is 0 Å². The van der Waals surface area contributed by atoms with Crippen molar-refractivity contribution in [1.82, 2.24) is 4.98 Å². The molecule has 0 bridgehead atoms. The molecule has 3 rings (SSSR count). The lowest BCUT2D eigenvalue weighted by Crippen LogP contribution is -2.04. The number of carbonyl (C=O) groups is 1. The summed E-state index contributed by atoms with van der Waals surface area (Å²) < 4.78 is 0. The number of benzene rings is 2. The monoisotopic (exact) mass is 264 g/mol. The highest BCUT2D eigenvalue weighted by molar-refractivity contribution is 6.09. The van der Waals surface area contributed by atoms with Crippen LogP contribution in [0.2, 0.25) is 0 Å². The summed E-state index contributed by atoms with van der Waals surface area (Å²) in [4.78, 5) is 15.4. The van der Waals surface area contributed by atoms with Crippen molar-refractivity contribution >= 4 is 22.4 Å². The van der Waals surface area contributed by atoms with E-state index < -0.39 is 0 Å². The van der Waals surface area contributed by atoms with Gasteiger partial charge >= 0.3 is 0 Å². The van der Waals surface area contributed by atoms with Crippen LogP contribution in [0.5, 0.6) is 0 Å². The number of ketones is 1. The van der Waals surface area contributed by atoms with Gasteiger partial charge in [0.2, 0.25) is 0 Å². The number of aromatic nitrogens is 1. The number of rotatable bonds is 3. The predicted molar refractivity (Wildman–Crippen MR) is 82.8 cm³/mol. The Morgan fingerprint density at radius 2 is 1.90 bits per heavy atom. The molecule has 100 valence electrons. The number of carbonyl (C=O) groups excluding carboxylic acids is 1. The molecule has 0 spiro atoms. The van der Waals surface area contributed by atoms with E-state index in [2.05, 4.69) is 4.98 Å². The highest BCUT2D eigenvalue weighted by Gasteiger charge is 2.16. The number of H-pyrrole nitrogens is 1. The van der Waals surface area contributed by atoms with Crippen molar-refractivity contribution in [3.05, 3.63) is 54.2 Å². The number of Topliss-reactive ketones (excluding diaryl/α,β-unsaturated/α-hetero) is 1. The van der Waals surface area contributed by atoms with Gasteiger partial charge in [0.1, 0.15) is 0 Å². The second kappa shape index (κ2) is 4.85. The summed E-state index contributed by atoms with van der Waals surface area (Å²) in [5, 5.41) is 1.10. The van der Waals surface area contributed by atoms with Gasteiger partial charge < -0.3 is 10.7 Å². The van der Waals surface area contributed by atoms with Crippen molar-refractivity contribution in [1.29, 1.82) is 0 Å². The molecule has 0 fully saturated rings. The summed E-state index contributed by atoms with van der Waals surface area (Å²) in [6, 6.07) is 13.7. The van der Waals surface area contributed by atoms with E-state index in [4.69, 9.17) is 5.73 Å². The van der Waals surface area contributed by atoms with Gasteiger partial charge in [-0.2, -0.15) is 0 Å². The van der Waals surface area contributed by atoms with E-state index in [9.17, 15) is 4.79 Å². The zero-order valence-electron chi connectivity index (χ0n) is 11.3. The minimum atomic E-state index is 0.0726. The van der Waals surface area contributed by atoms with Crippen molar-refractivity contribution in [3.8, 4) is 11.1 Å². The molecule has 3 heteroatoms. The smallest absolute Gasteiger partial charge is 0.165 e. The van der Waals surface area contributed by atoms with Crippen molar-refractivity contribution in [2.45, 2.75) is 13.3 Å².